The molecule has 6 heteroatoms. The minimum Gasteiger partial charge on any atom is -0.444 e. The highest BCUT2D eigenvalue weighted by atomic mass is 19.3. The first kappa shape index (κ1) is 14.9. The number of alkyl carbamates (subject to hydrolysis) is 1. The molecule has 0 aromatic heterocycles. The average Bonchev–Trinajstić information content (AvgIpc) is 2.34. The molecule has 0 saturated carbocycles. The molecule has 0 aliphatic carbocycles. The molecule has 0 bridgehead atoms. The van der Waals surface area contributed by atoms with Gasteiger partial charge in [0.2, 0.25) is 0 Å². The second-order valence-corrected chi connectivity index (χ2v) is 4.92. The molecule has 0 spiro atoms. The number of carbonyl (C=O) groups excluding carboxylic acids is 2. The maximum atomic E-state index is 11.8. The molecule has 1 amide bonds. The maximum absolute atomic E-state index is 11.8. The third-order valence-corrected chi connectivity index (χ3v) is 2.07. The Morgan fingerprint density at radius 2 is 2.00 bits per heavy atom. The van der Waals surface area contributed by atoms with Crippen LogP contribution in [0.1, 0.15) is 36.7 Å². The van der Waals surface area contributed by atoms with Crippen LogP contribution in [0.3, 0.4) is 0 Å². The van der Waals surface area contributed by atoms with Gasteiger partial charge in [0, 0.05) is 11.1 Å². The standard InChI is InChI=1S/C13H16FNO4/c1-13(2,3)18-12(17)15-8-9-5-4-6-10(7-9)11(16)19-14/h4-7H,8H2,1-3H3,(H,15,17). The predicted molar refractivity (Wildman–Crippen MR) is 66.0 cm³/mol. The van der Waals surface area contributed by atoms with Crippen LogP contribution >= 0.6 is 0 Å². The fraction of sp³-hybridized carbons (Fsp3) is 0.385. The highest BCUT2D eigenvalue weighted by molar-refractivity contribution is 5.89. The van der Waals surface area contributed by atoms with E-state index >= 15 is 0 Å². The van der Waals surface area contributed by atoms with Crippen molar-refractivity contribution < 1.29 is 23.8 Å². The number of halogens is 1. The highest BCUT2D eigenvalue weighted by Gasteiger charge is 2.16. The van der Waals surface area contributed by atoms with Crippen LogP contribution in [0, 0.1) is 0 Å². The summed E-state index contributed by atoms with van der Waals surface area (Å²) in [5, 5.41) is 2.53. The smallest absolute Gasteiger partial charge is 0.407 e. The SMILES string of the molecule is CC(C)(C)OC(=O)NCc1cccc(C(=O)OF)c1. The molecule has 0 saturated heterocycles. The Morgan fingerprint density at radius 1 is 1.32 bits per heavy atom. The molecule has 104 valence electrons. The molecule has 0 fully saturated rings. The summed E-state index contributed by atoms with van der Waals surface area (Å²) in [6.45, 7) is 5.43. The number of hydrogen-bond donors (Lipinski definition) is 1. The monoisotopic (exact) mass is 269 g/mol. The quantitative estimate of drug-likeness (QED) is 0.916. The number of hydrogen-bond acceptors (Lipinski definition) is 4. The first-order valence-corrected chi connectivity index (χ1v) is 5.70. The van der Waals surface area contributed by atoms with Gasteiger partial charge in [0.05, 0.1) is 5.56 Å². The number of ether oxygens (including phenoxy) is 1. The Labute approximate surface area is 110 Å². The Morgan fingerprint density at radius 3 is 2.58 bits per heavy atom. The van der Waals surface area contributed by atoms with Crippen LogP contribution in [0.5, 0.6) is 0 Å². The normalized spacial score (nSPS) is 10.7. The first-order valence-electron chi connectivity index (χ1n) is 5.70. The van der Waals surface area contributed by atoms with Crippen molar-refractivity contribution in [1.82, 2.24) is 5.32 Å². The summed E-state index contributed by atoms with van der Waals surface area (Å²) in [5.41, 5.74) is 0.129. The first-order chi connectivity index (χ1) is 8.81. The van der Waals surface area contributed by atoms with E-state index < -0.39 is 17.7 Å². The van der Waals surface area contributed by atoms with Crippen LogP contribution in [-0.2, 0) is 16.2 Å². The second-order valence-electron chi connectivity index (χ2n) is 4.92. The molecular formula is C13H16FNO4. The number of carbonyl (C=O) groups is 2. The van der Waals surface area contributed by atoms with Gasteiger partial charge in [-0.25, -0.2) is 14.5 Å². The van der Waals surface area contributed by atoms with E-state index in [4.69, 9.17) is 4.74 Å². The predicted octanol–water partition coefficient (Wildman–Crippen LogP) is 2.75. The number of amides is 1. The Hall–Kier alpha value is -2.11. The molecule has 1 aromatic rings. The van der Waals surface area contributed by atoms with Gasteiger partial charge in [-0.05, 0) is 38.5 Å². The summed E-state index contributed by atoms with van der Waals surface area (Å²) < 4.78 is 16.8. The van der Waals surface area contributed by atoms with Gasteiger partial charge in [0.1, 0.15) is 5.60 Å². The van der Waals surface area contributed by atoms with Gasteiger partial charge < -0.3 is 10.1 Å². The van der Waals surface area contributed by atoms with Crippen molar-refractivity contribution in [3.63, 3.8) is 0 Å². The number of benzene rings is 1. The molecule has 0 radical (unpaired) electrons. The van der Waals surface area contributed by atoms with Crippen molar-refractivity contribution >= 4 is 12.1 Å². The van der Waals surface area contributed by atoms with Gasteiger partial charge in [-0.15, -0.1) is 0 Å². The van der Waals surface area contributed by atoms with Crippen LogP contribution in [0.15, 0.2) is 24.3 Å². The van der Waals surface area contributed by atoms with Crippen LogP contribution in [-0.4, -0.2) is 17.7 Å². The minimum absolute atomic E-state index is 0.0750. The van der Waals surface area contributed by atoms with E-state index in [1.807, 2.05) is 0 Å². The van der Waals surface area contributed by atoms with Gasteiger partial charge in [0.15, 0.2) is 0 Å². The van der Waals surface area contributed by atoms with Crippen molar-refractivity contribution in [3.05, 3.63) is 35.4 Å². The lowest BCUT2D eigenvalue weighted by atomic mass is 10.1. The molecule has 5 nitrogen and oxygen atoms in total. The van der Waals surface area contributed by atoms with Crippen molar-refractivity contribution in [1.29, 1.82) is 0 Å². The van der Waals surface area contributed by atoms with Crippen LogP contribution in [0.2, 0.25) is 0 Å². The van der Waals surface area contributed by atoms with Gasteiger partial charge in [-0.3, -0.25) is 0 Å². The van der Waals surface area contributed by atoms with Crippen LogP contribution < -0.4 is 5.32 Å². The second kappa shape index (κ2) is 6.17. The minimum atomic E-state index is -1.07. The topological polar surface area (TPSA) is 64.6 Å². The zero-order valence-electron chi connectivity index (χ0n) is 11.0. The van der Waals surface area contributed by atoms with Gasteiger partial charge in [0.25, 0.3) is 0 Å². The van der Waals surface area contributed by atoms with Crippen molar-refractivity contribution in [2.75, 3.05) is 0 Å². The largest absolute Gasteiger partial charge is 0.444 e. The molecule has 0 unspecified atom stereocenters. The maximum Gasteiger partial charge on any atom is 0.407 e. The molecule has 0 heterocycles. The Kier molecular flexibility index (Phi) is 4.86. The fourth-order valence-electron chi connectivity index (χ4n) is 1.34. The molecule has 0 aliphatic heterocycles. The molecule has 0 aliphatic rings. The molecular weight excluding hydrogens is 253 g/mol. The lowest BCUT2D eigenvalue weighted by Gasteiger charge is -2.19. The van der Waals surface area contributed by atoms with Crippen LogP contribution in [0.4, 0.5) is 9.32 Å². The highest BCUT2D eigenvalue weighted by Crippen LogP contribution is 2.09. The van der Waals surface area contributed by atoms with E-state index in [9.17, 15) is 14.1 Å². The third kappa shape index (κ3) is 5.37. The summed E-state index contributed by atoms with van der Waals surface area (Å²) in [5.74, 6) is -1.07. The molecule has 1 rings (SSSR count). The van der Waals surface area contributed by atoms with Crippen LogP contribution in [0.25, 0.3) is 0 Å². The van der Waals surface area contributed by atoms with Crippen molar-refractivity contribution in [2.45, 2.75) is 32.9 Å². The van der Waals surface area contributed by atoms with Crippen molar-refractivity contribution in [2.24, 2.45) is 0 Å². The van der Waals surface area contributed by atoms with Gasteiger partial charge in [-0.2, -0.15) is 0 Å². The van der Waals surface area contributed by atoms with E-state index in [1.54, 1.807) is 32.9 Å². The lowest BCUT2D eigenvalue weighted by molar-refractivity contribution is -0.0788. The summed E-state index contributed by atoms with van der Waals surface area (Å²) in [6, 6.07) is 6.10. The Balaban J connectivity index is 2.59. The van der Waals surface area contributed by atoms with E-state index in [2.05, 4.69) is 10.3 Å². The molecule has 0 atom stereocenters. The molecule has 19 heavy (non-hydrogen) atoms. The number of rotatable bonds is 3. The summed E-state index contributed by atoms with van der Waals surface area (Å²) >= 11 is 0. The molecule has 1 N–H and O–H groups in total. The fourth-order valence-corrected chi connectivity index (χ4v) is 1.34. The van der Waals surface area contributed by atoms with E-state index in [-0.39, 0.29) is 12.1 Å². The van der Waals surface area contributed by atoms with Crippen molar-refractivity contribution in [3.8, 4) is 0 Å². The lowest BCUT2D eigenvalue weighted by Crippen LogP contribution is -2.32. The third-order valence-electron chi connectivity index (χ3n) is 2.07. The zero-order valence-corrected chi connectivity index (χ0v) is 11.0. The van der Waals surface area contributed by atoms with E-state index in [0.717, 1.165) is 0 Å². The summed E-state index contributed by atoms with van der Waals surface area (Å²) in [4.78, 5) is 25.5. The summed E-state index contributed by atoms with van der Waals surface area (Å²) in [7, 11) is 0. The van der Waals surface area contributed by atoms with Gasteiger partial charge >= 0.3 is 12.1 Å². The Bertz CT molecular complexity index is 468. The summed E-state index contributed by atoms with van der Waals surface area (Å²) in [6.07, 6.45) is -0.564. The van der Waals surface area contributed by atoms with E-state index in [0.29, 0.717) is 5.56 Å². The van der Waals surface area contributed by atoms with E-state index in [1.165, 1.54) is 12.1 Å². The average molecular weight is 269 g/mol. The van der Waals surface area contributed by atoms with Gasteiger partial charge in [-0.1, -0.05) is 12.1 Å². The number of nitrogens with one attached hydrogen (secondary N) is 1. The zero-order chi connectivity index (χ0) is 14.5. The molecule has 1 aromatic carbocycles.